The molecule has 0 N–H and O–H groups in total. The number of hydrogen-bond acceptors (Lipinski definition) is 3. The summed E-state index contributed by atoms with van der Waals surface area (Å²) in [5, 5.41) is 0.456. The minimum atomic E-state index is -0.261. The highest BCUT2D eigenvalue weighted by atomic mass is 35.5. The van der Waals surface area contributed by atoms with E-state index in [0.717, 1.165) is 25.7 Å². The van der Waals surface area contributed by atoms with Crippen molar-refractivity contribution in [3.8, 4) is 0 Å². The molecule has 1 amide bonds. The van der Waals surface area contributed by atoms with Crippen molar-refractivity contribution in [3.05, 3.63) is 34.9 Å². The van der Waals surface area contributed by atoms with Gasteiger partial charge in [-0.1, -0.05) is 49.4 Å². The van der Waals surface area contributed by atoms with Crippen LogP contribution in [0.3, 0.4) is 0 Å². The normalized spacial score (nSPS) is 15.6. The monoisotopic (exact) mass is 351 g/mol. The van der Waals surface area contributed by atoms with Gasteiger partial charge in [0.15, 0.2) is 0 Å². The molecule has 132 valence electrons. The Morgan fingerprint density at radius 2 is 1.83 bits per heavy atom. The molecule has 0 aromatic heterocycles. The molecule has 0 bridgehead atoms. The third-order valence-corrected chi connectivity index (χ3v) is 4.82. The van der Waals surface area contributed by atoms with Gasteiger partial charge >= 0.3 is 5.97 Å². The average molecular weight is 352 g/mol. The molecular weight excluding hydrogens is 326 g/mol. The van der Waals surface area contributed by atoms with E-state index in [4.69, 9.17) is 16.3 Å². The Bertz CT molecular complexity index is 553. The van der Waals surface area contributed by atoms with Gasteiger partial charge < -0.3 is 9.64 Å². The van der Waals surface area contributed by atoms with Gasteiger partial charge in [0.2, 0.25) is 0 Å². The molecule has 2 rings (SSSR count). The third-order valence-electron chi connectivity index (χ3n) is 4.49. The Morgan fingerprint density at radius 1 is 1.17 bits per heavy atom. The van der Waals surface area contributed by atoms with Crippen LogP contribution in [-0.4, -0.2) is 36.0 Å². The van der Waals surface area contributed by atoms with Gasteiger partial charge in [0.05, 0.1) is 23.6 Å². The maximum atomic E-state index is 13.0. The van der Waals surface area contributed by atoms with Gasteiger partial charge in [-0.2, -0.15) is 0 Å². The Labute approximate surface area is 149 Å². The lowest BCUT2D eigenvalue weighted by Gasteiger charge is -2.31. The SMILES string of the molecule is CCOC(=O)CCN(C(=O)c1ccccc1Cl)C1CCCCCC1. The topological polar surface area (TPSA) is 46.6 Å². The molecule has 1 fully saturated rings. The van der Waals surface area contributed by atoms with E-state index in [1.807, 2.05) is 17.0 Å². The minimum absolute atomic E-state index is 0.0863. The Balaban J connectivity index is 2.15. The molecule has 4 nitrogen and oxygen atoms in total. The van der Waals surface area contributed by atoms with E-state index < -0.39 is 0 Å². The van der Waals surface area contributed by atoms with Crippen LogP contribution in [0.1, 0.15) is 62.2 Å². The molecule has 24 heavy (non-hydrogen) atoms. The summed E-state index contributed by atoms with van der Waals surface area (Å²) in [5.41, 5.74) is 0.507. The highest BCUT2D eigenvalue weighted by Crippen LogP contribution is 2.25. The summed E-state index contributed by atoms with van der Waals surface area (Å²) in [5.74, 6) is -0.347. The maximum Gasteiger partial charge on any atom is 0.307 e. The molecule has 0 saturated heterocycles. The summed E-state index contributed by atoms with van der Waals surface area (Å²) in [4.78, 5) is 26.6. The van der Waals surface area contributed by atoms with Gasteiger partial charge in [0.25, 0.3) is 5.91 Å². The van der Waals surface area contributed by atoms with Crippen molar-refractivity contribution in [3.63, 3.8) is 0 Å². The number of hydrogen-bond donors (Lipinski definition) is 0. The minimum Gasteiger partial charge on any atom is -0.466 e. The molecule has 1 aliphatic rings. The van der Waals surface area contributed by atoms with Crippen molar-refractivity contribution in [2.24, 2.45) is 0 Å². The van der Waals surface area contributed by atoms with Gasteiger partial charge in [-0.15, -0.1) is 0 Å². The summed E-state index contributed by atoms with van der Waals surface area (Å²) in [6.45, 7) is 2.53. The first-order valence-electron chi connectivity index (χ1n) is 8.84. The van der Waals surface area contributed by atoms with Crippen LogP contribution in [0.5, 0.6) is 0 Å². The number of benzene rings is 1. The number of ether oxygens (including phenoxy) is 1. The van der Waals surface area contributed by atoms with E-state index in [2.05, 4.69) is 0 Å². The van der Waals surface area contributed by atoms with Crippen molar-refractivity contribution in [2.75, 3.05) is 13.2 Å². The fourth-order valence-corrected chi connectivity index (χ4v) is 3.47. The lowest BCUT2D eigenvalue weighted by atomic mass is 10.0. The molecule has 0 unspecified atom stereocenters. The van der Waals surface area contributed by atoms with Crippen molar-refractivity contribution in [1.29, 1.82) is 0 Å². The first-order chi connectivity index (χ1) is 11.6. The second-order valence-electron chi connectivity index (χ2n) is 6.18. The van der Waals surface area contributed by atoms with Crippen LogP contribution in [0.15, 0.2) is 24.3 Å². The van der Waals surface area contributed by atoms with Crippen LogP contribution in [-0.2, 0) is 9.53 Å². The second kappa shape index (κ2) is 9.67. The van der Waals surface area contributed by atoms with Crippen LogP contribution in [0.4, 0.5) is 0 Å². The first-order valence-corrected chi connectivity index (χ1v) is 9.22. The molecule has 1 aliphatic carbocycles. The van der Waals surface area contributed by atoms with Gasteiger partial charge in [-0.25, -0.2) is 0 Å². The average Bonchev–Trinajstić information content (AvgIpc) is 2.85. The number of halogens is 1. The quantitative estimate of drug-likeness (QED) is 0.561. The number of rotatable bonds is 6. The maximum absolute atomic E-state index is 13.0. The van der Waals surface area contributed by atoms with Crippen LogP contribution < -0.4 is 0 Å². The summed E-state index contributed by atoms with van der Waals surface area (Å²) in [6.07, 6.45) is 6.86. The molecule has 0 radical (unpaired) electrons. The molecule has 1 saturated carbocycles. The van der Waals surface area contributed by atoms with E-state index >= 15 is 0 Å². The Kier molecular flexibility index (Phi) is 7.57. The lowest BCUT2D eigenvalue weighted by Crippen LogP contribution is -2.41. The highest BCUT2D eigenvalue weighted by Gasteiger charge is 2.27. The van der Waals surface area contributed by atoms with Crippen molar-refractivity contribution >= 4 is 23.5 Å². The Hall–Kier alpha value is -1.55. The van der Waals surface area contributed by atoms with E-state index in [9.17, 15) is 9.59 Å². The van der Waals surface area contributed by atoms with E-state index in [1.54, 1.807) is 19.1 Å². The number of carbonyl (C=O) groups excluding carboxylic acids is 2. The van der Waals surface area contributed by atoms with Gasteiger partial charge in [0, 0.05) is 12.6 Å². The molecule has 0 atom stereocenters. The lowest BCUT2D eigenvalue weighted by molar-refractivity contribution is -0.143. The predicted molar refractivity (Wildman–Crippen MR) is 95.2 cm³/mol. The van der Waals surface area contributed by atoms with Gasteiger partial charge in [-0.05, 0) is 31.9 Å². The van der Waals surface area contributed by atoms with Crippen LogP contribution >= 0.6 is 11.6 Å². The number of carbonyl (C=O) groups is 2. The summed E-state index contributed by atoms with van der Waals surface area (Å²) in [7, 11) is 0. The van der Waals surface area contributed by atoms with E-state index in [1.165, 1.54) is 12.8 Å². The zero-order valence-electron chi connectivity index (χ0n) is 14.3. The fourth-order valence-electron chi connectivity index (χ4n) is 3.25. The largest absolute Gasteiger partial charge is 0.466 e. The van der Waals surface area contributed by atoms with E-state index in [0.29, 0.717) is 23.7 Å². The number of nitrogens with zero attached hydrogens (tertiary/aromatic N) is 1. The summed E-state index contributed by atoms with van der Waals surface area (Å²) in [6, 6.07) is 7.28. The summed E-state index contributed by atoms with van der Waals surface area (Å²) >= 11 is 6.21. The third kappa shape index (κ3) is 5.23. The Morgan fingerprint density at radius 3 is 2.46 bits per heavy atom. The fraction of sp³-hybridized carbons (Fsp3) is 0.579. The van der Waals surface area contributed by atoms with Crippen molar-refractivity contribution < 1.29 is 14.3 Å². The molecule has 1 aromatic carbocycles. The molecule has 0 aliphatic heterocycles. The standard InChI is InChI=1S/C19H26ClNO3/c1-2-24-18(22)13-14-21(15-9-5-3-4-6-10-15)19(23)16-11-7-8-12-17(16)20/h7-8,11-12,15H,2-6,9-10,13-14H2,1H3. The highest BCUT2D eigenvalue weighted by molar-refractivity contribution is 6.33. The zero-order valence-corrected chi connectivity index (χ0v) is 15.1. The molecule has 0 heterocycles. The zero-order chi connectivity index (χ0) is 17.4. The van der Waals surface area contributed by atoms with Crippen LogP contribution in [0.25, 0.3) is 0 Å². The van der Waals surface area contributed by atoms with Crippen molar-refractivity contribution in [1.82, 2.24) is 4.90 Å². The first kappa shape index (κ1) is 18.8. The molecule has 0 spiro atoms. The smallest absolute Gasteiger partial charge is 0.307 e. The molecular formula is C19H26ClNO3. The number of amides is 1. The van der Waals surface area contributed by atoms with Crippen LogP contribution in [0, 0.1) is 0 Å². The van der Waals surface area contributed by atoms with Gasteiger partial charge in [-0.3, -0.25) is 9.59 Å². The molecule has 1 aromatic rings. The predicted octanol–water partition coefficient (Wildman–Crippen LogP) is 4.46. The van der Waals surface area contributed by atoms with Crippen LogP contribution in [0.2, 0.25) is 5.02 Å². The van der Waals surface area contributed by atoms with Gasteiger partial charge in [0.1, 0.15) is 0 Å². The van der Waals surface area contributed by atoms with E-state index in [-0.39, 0.29) is 24.3 Å². The summed E-state index contributed by atoms with van der Waals surface area (Å²) < 4.78 is 5.01. The number of esters is 1. The second-order valence-corrected chi connectivity index (χ2v) is 6.59. The van der Waals surface area contributed by atoms with Crippen molar-refractivity contribution in [2.45, 2.75) is 57.9 Å². The molecule has 5 heteroatoms.